The molecule has 2 aromatic heterocycles. The lowest BCUT2D eigenvalue weighted by Crippen LogP contribution is -2.39. The number of nitriles is 1. The van der Waals surface area contributed by atoms with Crippen molar-refractivity contribution in [2.45, 2.75) is 58.1 Å². The number of rotatable bonds is 5. The predicted molar refractivity (Wildman–Crippen MR) is 146 cm³/mol. The van der Waals surface area contributed by atoms with E-state index < -0.39 is 5.60 Å². The van der Waals surface area contributed by atoms with Crippen molar-refractivity contribution < 1.29 is 9.94 Å². The van der Waals surface area contributed by atoms with Crippen LogP contribution in [-0.2, 0) is 11.9 Å². The molecule has 37 heavy (non-hydrogen) atoms. The zero-order valence-corrected chi connectivity index (χ0v) is 22.6. The molecule has 0 aliphatic heterocycles. The van der Waals surface area contributed by atoms with Crippen molar-refractivity contribution in [3.05, 3.63) is 63.0 Å². The molecule has 1 N–H and O–H groups in total. The Morgan fingerprint density at radius 2 is 1.95 bits per heavy atom. The first kappa shape index (κ1) is 26.5. The Morgan fingerprint density at radius 3 is 2.57 bits per heavy atom. The lowest BCUT2D eigenvalue weighted by molar-refractivity contribution is -0.0000286. The number of aromatic nitrogens is 2. The number of phenols is 1. The van der Waals surface area contributed by atoms with Gasteiger partial charge >= 0.3 is 0 Å². The first-order chi connectivity index (χ1) is 17.5. The maximum atomic E-state index is 13.0. The van der Waals surface area contributed by atoms with Gasteiger partial charge in [-0.1, -0.05) is 28.9 Å². The molecular weight excluding hydrogens is 490 g/mol. The van der Waals surface area contributed by atoms with Crippen LogP contribution in [0.5, 0.6) is 5.75 Å². The summed E-state index contributed by atoms with van der Waals surface area (Å²) in [6.07, 6.45) is 3.29. The van der Waals surface area contributed by atoms with Crippen LogP contribution in [0.2, 0.25) is 5.15 Å². The van der Waals surface area contributed by atoms with E-state index in [4.69, 9.17) is 16.4 Å². The molecule has 0 spiro atoms. The minimum Gasteiger partial charge on any atom is -0.508 e. The second-order valence-electron chi connectivity index (χ2n) is 10.5. The summed E-state index contributed by atoms with van der Waals surface area (Å²) in [5.41, 5.74) is 2.60. The molecule has 9 heteroatoms. The van der Waals surface area contributed by atoms with E-state index in [-0.39, 0.29) is 28.8 Å². The smallest absolute Gasteiger partial charge is 0.270 e. The van der Waals surface area contributed by atoms with Gasteiger partial charge in [0.25, 0.3) is 5.56 Å². The summed E-state index contributed by atoms with van der Waals surface area (Å²) in [6.45, 7) is 5.85. The molecule has 0 saturated heterocycles. The molecule has 0 radical (unpaired) electrons. The number of hydrogen-bond donors (Lipinski definition) is 1. The molecule has 1 aliphatic carbocycles. The van der Waals surface area contributed by atoms with Crippen LogP contribution in [0, 0.1) is 17.2 Å². The molecule has 1 aliphatic rings. The molecule has 2 heterocycles. The summed E-state index contributed by atoms with van der Waals surface area (Å²) in [5, 5.41) is 24.8. The fourth-order valence-electron chi connectivity index (χ4n) is 4.95. The summed E-state index contributed by atoms with van der Waals surface area (Å²) in [7, 11) is 3.55. The Labute approximate surface area is 221 Å². The van der Waals surface area contributed by atoms with Crippen molar-refractivity contribution in [3.8, 4) is 11.8 Å². The molecule has 1 fully saturated rings. The molecule has 0 atom stereocenters. The first-order valence-electron chi connectivity index (χ1n) is 12.4. The van der Waals surface area contributed by atoms with E-state index in [0.29, 0.717) is 21.9 Å². The van der Waals surface area contributed by atoms with E-state index in [1.807, 2.05) is 38.8 Å². The van der Waals surface area contributed by atoms with E-state index in [0.717, 1.165) is 37.0 Å². The number of aryl methyl sites for hydroxylation is 1. The van der Waals surface area contributed by atoms with Gasteiger partial charge in [0.15, 0.2) is 0 Å². The van der Waals surface area contributed by atoms with Crippen LogP contribution in [-0.4, -0.2) is 39.1 Å². The monoisotopic (exact) mass is 521 g/mol. The molecule has 8 nitrogen and oxygen atoms in total. The third kappa shape index (κ3) is 5.57. The van der Waals surface area contributed by atoms with Gasteiger partial charge in [-0.05, 0) is 70.7 Å². The van der Waals surface area contributed by atoms with Gasteiger partial charge in [-0.25, -0.2) is 4.98 Å². The number of aromatic hydroxyl groups is 1. The molecule has 0 bridgehead atoms. The highest BCUT2D eigenvalue weighted by atomic mass is 35.5. The zero-order valence-electron chi connectivity index (χ0n) is 21.8. The molecule has 3 aromatic rings. The Morgan fingerprint density at radius 1 is 1.24 bits per heavy atom. The standard InChI is InChI=1S/C28H32ClN5O3/c1-28(2,3)37-32-24(18-7-6-8-20(35)15-18)17-9-11-19(12-10-17)33(4)26-21(16-30)27(36)34(5)22-13-14-23(29)31-25(22)26/h6-8,13-15,17,19,35H,9-12H2,1-5H3/b32-24-. The summed E-state index contributed by atoms with van der Waals surface area (Å²) in [5.74, 6) is 0.319. The van der Waals surface area contributed by atoms with Gasteiger partial charge in [-0.2, -0.15) is 5.26 Å². The van der Waals surface area contributed by atoms with Crippen LogP contribution in [0.15, 0.2) is 46.3 Å². The van der Waals surface area contributed by atoms with Gasteiger partial charge in [-0.15, -0.1) is 0 Å². The minimum absolute atomic E-state index is 0.0648. The number of fused-ring (bicyclic) bond motifs is 1. The number of pyridine rings is 2. The maximum Gasteiger partial charge on any atom is 0.270 e. The molecule has 0 amide bonds. The largest absolute Gasteiger partial charge is 0.508 e. The number of nitrogens with zero attached hydrogens (tertiary/aromatic N) is 5. The van der Waals surface area contributed by atoms with E-state index in [2.05, 4.69) is 16.2 Å². The Kier molecular flexibility index (Phi) is 7.47. The van der Waals surface area contributed by atoms with Crippen LogP contribution in [0.25, 0.3) is 11.0 Å². The van der Waals surface area contributed by atoms with E-state index in [1.165, 1.54) is 4.57 Å². The topological polar surface area (TPSA) is 104 Å². The van der Waals surface area contributed by atoms with Crippen molar-refractivity contribution in [3.63, 3.8) is 0 Å². The van der Waals surface area contributed by atoms with Crippen LogP contribution in [0.4, 0.5) is 5.69 Å². The minimum atomic E-state index is -0.442. The third-order valence-corrected chi connectivity index (χ3v) is 7.05. The van der Waals surface area contributed by atoms with Gasteiger partial charge < -0.3 is 19.4 Å². The summed E-state index contributed by atoms with van der Waals surface area (Å²) < 4.78 is 1.44. The molecule has 1 saturated carbocycles. The summed E-state index contributed by atoms with van der Waals surface area (Å²) in [6, 6.07) is 12.7. The Bertz CT molecular complexity index is 1440. The van der Waals surface area contributed by atoms with Crippen molar-refractivity contribution in [2.24, 2.45) is 18.1 Å². The van der Waals surface area contributed by atoms with E-state index in [1.54, 1.807) is 37.4 Å². The number of phenolic OH excluding ortho intramolecular Hbond substituents is 1. The Balaban J connectivity index is 1.65. The summed E-state index contributed by atoms with van der Waals surface area (Å²) in [4.78, 5) is 25.3. The number of benzene rings is 1. The Hall–Kier alpha value is -3.57. The third-order valence-electron chi connectivity index (χ3n) is 6.84. The second kappa shape index (κ2) is 10.4. The summed E-state index contributed by atoms with van der Waals surface area (Å²) >= 11 is 6.21. The van der Waals surface area contributed by atoms with Crippen molar-refractivity contribution in [2.75, 3.05) is 11.9 Å². The van der Waals surface area contributed by atoms with Gasteiger partial charge in [0.1, 0.15) is 33.7 Å². The van der Waals surface area contributed by atoms with E-state index >= 15 is 0 Å². The van der Waals surface area contributed by atoms with Crippen LogP contribution in [0.3, 0.4) is 0 Å². The highest BCUT2D eigenvalue weighted by molar-refractivity contribution is 6.29. The van der Waals surface area contributed by atoms with Crippen molar-refractivity contribution in [1.82, 2.24) is 9.55 Å². The van der Waals surface area contributed by atoms with Gasteiger partial charge in [-0.3, -0.25) is 4.79 Å². The van der Waals surface area contributed by atoms with Crippen molar-refractivity contribution in [1.29, 1.82) is 5.26 Å². The normalized spacial score (nSPS) is 18.5. The van der Waals surface area contributed by atoms with Gasteiger partial charge in [0.05, 0.1) is 16.9 Å². The van der Waals surface area contributed by atoms with Crippen LogP contribution < -0.4 is 10.5 Å². The first-order valence-corrected chi connectivity index (χ1v) is 12.8. The highest BCUT2D eigenvalue weighted by Gasteiger charge is 2.31. The van der Waals surface area contributed by atoms with E-state index in [9.17, 15) is 15.2 Å². The highest BCUT2D eigenvalue weighted by Crippen LogP contribution is 2.36. The number of hydrogen-bond acceptors (Lipinski definition) is 7. The molecule has 194 valence electrons. The maximum absolute atomic E-state index is 13.0. The second-order valence-corrected chi connectivity index (χ2v) is 10.9. The molecule has 0 unspecified atom stereocenters. The zero-order chi connectivity index (χ0) is 26.9. The fourth-order valence-corrected chi connectivity index (χ4v) is 5.09. The lowest BCUT2D eigenvalue weighted by Gasteiger charge is -2.37. The van der Waals surface area contributed by atoms with Crippen molar-refractivity contribution >= 4 is 34.0 Å². The number of anilines is 1. The van der Waals surface area contributed by atoms with Gasteiger partial charge in [0.2, 0.25) is 0 Å². The van der Waals surface area contributed by atoms with Crippen LogP contribution >= 0.6 is 11.6 Å². The lowest BCUT2D eigenvalue weighted by atomic mass is 9.80. The fraction of sp³-hybridized carbons (Fsp3) is 0.429. The predicted octanol–water partition coefficient (Wildman–Crippen LogP) is 5.38. The average molecular weight is 522 g/mol. The number of oxime groups is 1. The molecule has 1 aromatic carbocycles. The SMILES string of the molecule is CN(c1c(C#N)c(=O)n(C)c2ccc(Cl)nc12)C1CCC(/C(=N/OC(C)(C)C)c2cccc(O)c2)CC1. The molecular formula is C28H32ClN5O3. The van der Waals surface area contributed by atoms with Crippen LogP contribution in [0.1, 0.15) is 57.6 Å². The average Bonchev–Trinajstić information content (AvgIpc) is 2.85. The molecule has 4 rings (SSSR count). The quantitative estimate of drug-likeness (QED) is 0.274. The van der Waals surface area contributed by atoms with Gasteiger partial charge in [0, 0.05) is 31.6 Å². The number of halogens is 1.